The fourth-order valence-corrected chi connectivity index (χ4v) is 3.19. The third kappa shape index (κ3) is 6.74. The fourth-order valence-electron chi connectivity index (χ4n) is 3.19. The molecule has 3 atom stereocenters. The van der Waals surface area contributed by atoms with Crippen LogP contribution in [-0.4, -0.2) is 11.2 Å². The smallest absolute Gasteiger partial charge is 0.0760 e. The maximum absolute atomic E-state index is 10.8. The van der Waals surface area contributed by atoms with Crippen LogP contribution in [0.5, 0.6) is 0 Å². The monoisotopic (exact) mass is 314 g/mol. The third-order valence-electron chi connectivity index (χ3n) is 4.61. The Bertz CT molecular complexity index is 460. The molecular weight excluding hydrogens is 280 g/mol. The molecule has 1 N–H and O–H groups in total. The van der Waals surface area contributed by atoms with Crippen LogP contribution in [0.2, 0.25) is 0 Å². The van der Waals surface area contributed by atoms with Crippen LogP contribution in [0.15, 0.2) is 54.6 Å². The van der Waals surface area contributed by atoms with Gasteiger partial charge in [0, 0.05) is 5.92 Å². The van der Waals surface area contributed by atoms with Crippen LogP contribution in [0.4, 0.5) is 0 Å². The van der Waals surface area contributed by atoms with Gasteiger partial charge in [0.05, 0.1) is 6.10 Å². The van der Waals surface area contributed by atoms with E-state index in [-0.39, 0.29) is 11.8 Å². The van der Waals surface area contributed by atoms with Crippen LogP contribution in [0.25, 0.3) is 0 Å². The molecule has 1 heteroatoms. The van der Waals surface area contributed by atoms with Crippen LogP contribution in [-0.2, 0) is 0 Å². The minimum Gasteiger partial charge on any atom is -0.389 e. The molecule has 0 radical (unpaired) electrons. The maximum atomic E-state index is 10.8. The van der Waals surface area contributed by atoms with Crippen molar-refractivity contribution in [1.29, 1.82) is 0 Å². The van der Waals surface area contributed by atoms with E-state index in [0.29, 0.717) is 0 Å². The summed E-state index contributed by atoms with van der Waals surface area (Å²) in [5, 5.41) is 10.8. The molecule has 1 nitrogen and oxygen atoms in total. The predicted octanol–water partition coefficient (Wildman–Crippen LogP) is 6.26. The van der Waals surface area contributed by atoms with Crippen LogP contribution in [0.3, 0.4) is 0 Å². The van der Waals surface area contributed by atoms with Gasteiger partial charge in [0.15, 0.2) is 0 Å². The molecule has 0 bridgehead atoms. The molecule has 23 heavy (non-hydrogen) atoms. The minimum atomic E-state index is -0.401. The van der Waals surface area contributed by atoms with Crippen molar-refractivity contribution in [3.63, 3.8) is 0 Å². The lowest BCUT2D eigenvalue weighted by Gasteiger charge is -2.28. The highest BCUT2D eigenvalue weighted by atomic mass is 16.3. The molecule has 0 saturated carbocycles. The Morgan fingerprint density at radius 3 is 2.35 bits per heavy atom. The van der Waals surface area contributed by atoms with E-state index >= 15 is 0 Å². The van der Waals surface area contributed by atoms with Crippen molar-refractivity contribution in [1.82, 2.24) is 0 Å². The Morgan fingerprint density at radius 2 is 1.78 bits per heavy atom. The number of unbranched alkanes of at least 4 members (excludes halogenated alkanes) is 2. The van der Waals surface area contributed by atoms with Crippen LogP contribution >= 0.6 is 0 Å². The molecule has 0 aliphatic heterocycles. The Kier molecular flexibility index (Phi) is 9.63. The summed E-state index contributed by atoms with van der Waals surface area (Å²) in [6, 6.07) is 10.5. The molecule has 128 valence electrons. The Hall–Kier alpha value is -1.34. The third-order valence-corrected chi connectivity index (χ3v) is 4.61. The van der Waals surface area contributed by atoms with E-state index in [2.05, 4.69) is 57.7 Å². The van der Waals surface area contributed by atoms with Gasteiger partial charge in [0.2, 0.25) is 0 Å². The zero-order chi connectivity index (χ0) is 17.1. The first-order valence-electron chi connectivity index (χ1n) is 9.16. The second-order valence-electron chi connectivity index (χ2n) is 6.59. The largest absolute Gasteiger partial charge is 0.389 e. The van der Waals surface area contributed by atoms with E-state index in [0.717, 1.165) is 25.7 Å². The number of aliphatic hydroxyl groups excluding tert-OH is 1. The molecule has 1 unspecified atom stereocenters. The molecule has 0 saturated heterocycles. The second-order valence-corrected chi connectivity index (χ2v) is 6.59. The first-order valence-corrected chi connectivity index (χ1v) is 9.16. The van der Waals surface area contributed by atoms with E-state index in [4.69, 9.17) is 0 Å². The van der Waals surface area contributed by atoms with Gasteiger partial charge in [0.1, 0.15) is 0 Å². The maximum Gasteiger partial charge on any atom is 0.0760 e. The average molecular weight is 315 g/mol. The molecule has 1 rings (SSSR count). The normalized spacial score (nSPS) is 15.9. The lowest BCUT2D eigenvalue weighted by molar-refractivity contribution is 0.134. The van der Waals surface area contributed by atoms with Crippen molar-refractivity contribution in [3.8, 4) is 0 Å². The van der Waals surface area contributed by atoms with Crippen molar-refractivity contribution >= 4 is 0 Å². The van der Waals surface area contributed by atoms with Crippen LogP contribution < -0.4 is 0 Å². The SMILES string of the molecule is C=CC(c1ccccc1)[C@H](CCCC)[C@@H](O)/C=C(\C)CCCC. The first kappa shape index (κ1) is 19.7. The van der Waals surface area contributed by atoms with Crippen LogP contribution in [0.1, 0.15) is 70.8 Å². The van der Waals surface area contributed by atoms with Gasteiger partial charge >= 0.3 is 0 Å². The molecule has 0 amide bonds. The van der Waals surface area contributed by atoms with Crippen LogP contribution in [0, 0.1) is 5.92 Å². The number of hydrogen-bond acceptors (Lipinski definition) is 1. The summed E-state index contributed by atoms with van der Waals surface area (Å²) in [4.78, 5) is 0. The fraction of sp³-hybridized carbons (Fsp3) is 0.545. The highest BCUT2D eigenvalue weighted by molar-refractivity contribution is 5.25. The summed E-state index contributed by atoms with van der Waals surface area (Å²) in [6.07, 6.45) is 10.5. The summed E-state index contributed by atoms with van der Waals surface area (Å²) < 4.78 is 0. The number of allylic oxidation sites excluding steroid dienone is 2. The van der Waals surface area contributed by atoms with Crippen molar-refractivity contribution < 1.29 is 5.11 Å². The summed E-state index contributed by atoms with van der Waals surface area (Å²) in [6.45, 7) is 10.6. The molecule has 0 aliphatic rings. The van der Waals surface area contributed by atoms with E-state index < -0.39 is 6.10 Å². The zero-order valence-corrected chi connectivity index (χ0v) is 15.2. The summed E-state index contributed by atoms with van der Waals surface area (Å²) >= 11 is 0. The lowest BCUT2D eigenvalue weighted by atomic mass is 9.79. The van der Waals surface area contributed by atoms with E-state index in [1.165, 1.54) is 24.0 Å². The van der Waals surface area contributed by atoms with Gasteiger partial charge in [-0.1, -0.05) is 81.2 Å². The van der Waals surface area contributed by atoms with Crippen molar-refractivity contribution in [2.75, 3.05) is 0 Å². The van der Waals surface area contributed by atoms with Gasteiger partial charge in [0.25, 0.3) is 0 Å². The number of rotatable bonds is 11. The molecule has 1 aromatic carbocycles. The summed E-state index contributed by atoms with van der Waals surface area (Å²) in [5.74, 6) is 0.402. The first-order chi connectivity index (χ1) is 11.1. The Balaban J connectivity index is 2.94. The zero-order valence-electron chi connectivity index (χ0n) is 15.2. The second kappa shape index (κ2) is 11.2. The molecule has 0 aromatic heterocycles. The van der Waals surface area contributed by atoms with E-state index in [1.54, 1.807) is 0 Å². The molecule has 1 aromatic rings. The van der Waals surface area contributed by atoms with E-state index in [9.17, 15) is 5.11 Å². The number of aliphatic hydroxyl groups is 1. The van der Waals surface area contributed by atoms with Crippen molar-refractivity contribution in [3.05, 3.63) is 60.2 Å². The van der Waals surface area contributed by atoms with E-state index in [1.807, 2.05) is 12.1 Å². The van der Waals surface area contributed by atoms with Gasteiger partial charge < -0.3 is 5.11 Å². The molecular formula is C22H34O. The van der Waals surface area contributed by atoms with Gasteiger partial charge in [-0.2, -0.15) is 0 Å². The summed E-state index contributed by atoms with van der Waals surface area (Å²) in [7, 11) is 0. The standard InChI is InChI=1S/C22H34O/c1-5-8-13-18(4)17-22(23)21(16-9-6-2)20(7-3)19-14-11-10-12-15-19/h7,10-12,14-15,17,20-23H,3,5-6,8-9,13,16H2,1-2,4H3/b18-17+/t20?,21-,22-/m0/s1. The minimum absolute atomic E-state index is 0.200. The topological polar surface area (TPSA) is 20.2 Å². The quantitative estimate of drug-likeness (QED) is 0.478. The highest BCUT2D eigenvalue weighted by Gasteiger charge is 2.26. The van der Waals surface area contributed by atoms with Gasteiger partial charge in [-0.05, 0) is 37.7 Å². The van der Waals surface area contributed by atoms with Crippen molar-refractivity contribution in [2.45, 2.75) is 71.3 Å². The predicted molar refractivity (Wildman–Crippen MR) is 102 cm³/mol. The van der Waals surface area contributed by atoms with Crippen molar-refractivity contribution in [2.24, 2.45) is 5.92 Å². The summed E-state index contributed by atoms with van der Waals surface area (Å²) in [5.41, 5.74) is 2.55. The Morgan fingerprint density at radius 1 is 1.13 bits per heavy atom. The average Bonchev–Trinajstić information content (AvgIpc) is 2.57. The van der Waals surface area contributed by atoms with Gasteiger partial charge in [-0.15, -0.1) is 6.58 Å². The van der Waals surface area contributed by atoms with Gasteiger partial charge in [-0.3, -0.25) is 0 Å². The molecule has 0 aliphatic carbocycles. The highest BCUT2D eigenvalue weighted by Crippen LogP contribution is 2.33. The number of hydrogen-bond donors (Lipinski definition) is 1. The molecule has 0 spiro atoms. The molecule has 0 heterocycles. The molecule has 0 fully saturated rings. The lowest BCUT2D eigenvalue weighted by Crippen LogP contribution is -2.25. The Labute approximate surface area is 143 Å². The number of benzene rings is 1. The van der Waals surface area contributed by atoms with Gasteiger partial charge in [-0.25, -0.2) is 0 Å².